The van der Waals surface area contributed by atoms with Gasteiger partial charge in [-0.15, -0.1) is 0 Å². The van der Waals surface area contributed by atoms with Crippen LogP contribution in [-0.2, 0) is 11.3 Å². The van der Waals surface area contributed by atoms with Gasteiger partial charge in [-0.1, -0.05) is 38.1 Å². The van der Waals surface area contributed by atoms with E-state index < -0.39 is 6.10 Å². The maximum absolute atomic E-state index is 12.5. The van der Waals surface area contributed by atoms with Crippen LogP contribution in [0.4, 0.5) is 0 Å². The van der Waals surface area contributed by atoms with E-state index in [1.807, 2.05) is 48.2 Å². The molecule has 30 heavy (non-hydrogen) atoms. The van der Waals surface area contributed by atoms with E-state index in [0.717, 1.165) is 42.8 Å². The maximum Gasteiger partial charge on any atom is 0.261 e. The van der Waals surface area contributed by atoms with Gasteiger partial charge in [0.05, 0.1) is 0 Å². The summed E-state index contributed by atoms with van der Waals surface area (Å²) in [7, 11) is 0. The van der Waals surface area contributed by atoms with Crippen LogP contribution in [0.1, 0.15) is 66.6 Å². The molecule has 0 aliphatic carbocycles. The number of hydrogen-bond donors (Lipinski definition) is 1. The molecule has 2 aromatic rings. The number of carbonyl (C=O) groups excluding carboxylic acids is 2. The number of nitrogens with zero attached hydrogens (tertiary/aromatic N) is 1. The average molecular weight is 409 g/mol. The molecule has 3 rings (SSSR count). The third-order valence-corrected chi connectivity index (χ3v) is 5.61. The minimum absolute atomic E-state index is 0.0871. The van der Waals surface area contributed by atoms with E-state index in [9.17, 15) is 9.59 Å². The number of rotatable bonds is 7. The van der Waals surface area contributed by atoms with Crippen LogP contribution < -0.4 is 10.1 Å². The van der Waals surface area contributed by atoms with Crippen molar-refractivity contribution < 1.29 is 14.3 Å². The van der Waals surface area contributed by atoms with E-state index in [2.05, 4.69) is 25.2 Å². The molecule has 2 aromatic carbocycles. The Hall–Kier alpha value is -2.82. The van der Waals surface area contributed by atoms with Gasteiger partial charge in [-0.05, 0) is 67.5 Å². The van der Waals surface area contributed by atoms with Gasteiger partial charge >= 0.3 is 0 Å². The van der Waals surface area contributed by atoms with Crippen LogP contribution in [0.3, 0.4) is 0 Å². The van der Waals surface area contributed by atoms with E-state index in [1.54, 1.807) is 6.92 Å². The minimum atomic E-state index is -0.595. The van der Waals surface area contributed by atoms with Crippen molar-refractivity contribution in [1.82, 2.24) is 10.2 Å². The summed E-state index contributed by atoms with van der Waals surface area (Å²) in [6.45, 7) is 10.1. The molecular weight excluding hydrogens is 376 g/mol. The molecule has 1 aliphatic rings. The van der Waals surface area contributed by atoms with Gasteiger partial charge < -0.3 is 15.0 Å². The molecule has 1 N–H and O–H groups in total. The molecule has 0 radical (unpaired) electrons. The lowest BCUT2D eigenvalue weighted by Crippen LogP contribution is -2.36. The molecule has 1 heterocycles. The Labute approximate surface area is 179 Å². The van der Waals surface area contributed by atoms with E-state index in [4.69, 9.17) is 4.74 Å². The molecule has 0 unspecified atom stereocenters. The number of nitrogens with one attached hydrogen (secondary N) is 1. The Kier molecular flexibility index (Phi) is 7.14. The fraction of sp³-hybridized carbons (Fsp3) is 0.440. The van der Waals surface area contributed by atoms with Crippen molar-refractivity contribution in [3.63, 3.8) is 0 Å². The van der Waals surface area contributed by atoms with Gasteiger partial charge in [0, 0.05) is 25.2 Å². The van der Waals surface area contributed by atoms with E-state index in [1.165, 1.54) is 5.56 Å². The van der Waals surface area contributed by atoms with Crippen LogP contribution in [0.2, 0.25) is 0 Å². The lowest BCUT2D eigenvalue weighted by atomic mass is 10.0. The molecule has 1 aliphatic heterocycles. The van der Waals surface area contributed by atoms with Gasteiger partial charge in [0.15, 0.2) is 6.10 Å². The zero-order valence-corrected chi connectivity index (χ0v) is 18.4. The molecule has 5 nitrogen and oxygen atoms in total. The lowest BCUT2D eigenvalue weighted by Gasteiger charge is -2.18. The largest absolute Gasteiger partial charge is 0.481 e. The summed E-state index contributed by atoms with van der Waals surface area (Å²) in [5.74, 6) is 1.07. The molecule has 160 valence electrons. The Morgan fingerprint density at radius 1 is 1.03 bits per heavy atom. The first-order valence-corrected chi connectivity index (χ1v) is 10.8. The van der Waals surface area contributed by atoms with Crippen molar-refractivity contribution in [3.05, 3.63) is 64.7 Å². The summed E-state index contributed by atoms with van der Waals surface area (Å²) in [6, 6.07) is 13.6. The van der Waals surface area contributed by atoms with Gasteiger partial charge in [0.1, 0.15) is 5.75 Å². The van der Waals surface area contributed by atoms with Crippen molar-refractivity contribution in [2.24, 2.45) is 0 Å². The fourth-order valence-corrected chi connectivity index (χ4v) is 3.55. The van der Waals surface area contributed by atoms with Gasteiger partial charge in [0.2, 0.25) is 0 Å². The predicted octanol–water partition coefficient (Wildman–Crippen LogP) is 4.44. The third kappa shape index (κ3) is 5.41. The minimum Gasteiger partial charge on any atom is -0.481 e. The Morgan fingerprint density at radius 2 is 1.70 bits per heavy atom. The van der Waals surface area contributed by atoms with Crippen LogP contribution in [-0.4, -0.2) is 35.9 Å². The highest BCUT2D eigenvalue weighted by molar-refractivity contribution is 5.94. The topological polar surface area (TPSA) is 58.6 Å². The van der Waals surface area contributed by atoms with Gasteiger partial charge in [-0.25, -0.2) is 0 Å². The average Bonchev–Trinajstić information content (AvgIpc) is 3.28. The van der Waals surface area contributed by atoms with Gasteiger partial charge in [-0.3, -0.25) is 9.59 Å². The quantitative estimate of drug-likeness (QED) is 0.737. The SMILES string of the molecule is Cc1ccc(C(C)C)cc1O[C@H](C)C(=O)NCc1ccc(C(=O)N2CCCC2)cc1. The number of carbonyl (C=O) groups is 2. The lowest BCUT2D eigenvalue weighted by molar-refractivity contribution is -0.127. The first kappa shape index (κ1) is 21.9. The molecule has 0 bridgehead atoms. The molecule has 1 saturated heterocycles. The highest BCUT2D eigenvalue weighted by atomic mass is 16.5. The Bertz CT molecular complexity index is 884. The Balaban J connectivity index is 1.53. The van der Waals surface area contributed by atoms with Crippen molar-refractivity contribution in [1.29, 1.82) is 0 Å². The van der Waals surface area contributed by atoms with E-state index >= 15 is 0 Å². The fourth-order valence-electron chi connectivity index (χ4n) is 3.55. The van der Waals surface area contributed by atoms with Gasteiger partial charge in [-0.2, -0.15) is 0 Å². The second-order valence-corrected chi connectivity index (χ2v) is 8.35. The van der Waals surface area contributed by atoms with Crippen molar-refractivity contribution in [2.45, 2.75) is 59.1 Å². The molecule has 0 spiro atoms. The molecule has 1 fully saturated rings. The van der Waals surface area contributed by atoms with Crippen LogP contribution >= 0.6 is 0 Å². The highest BCUT2D eigenvalue weighted by Crippen LogP contribution is 2.25. The molecule has 5 heteroatoms. The maximum atomic E-state index is 12.5. The normalized spacial score (nSPS) is 14.6. The number of ether oxygens (including phenoxy) is 1. The summed E-state index contributed by atoms with van der Waals surface area (Å²) in [5, 5.41) is 2.92. The number of benzene rings is 2. The zero-order valence-electron chi connectivity index (χ0n) is 18.4. The summed E-state index contributed by atoms with van der Waals surface area (Å²) in [6.07, 6.45) is 1.57. The number of aryl methyl sites for hydroxylation is 1. The van der Waals surface area contributed by atoms with Crippen molar-refractivity contribution >= 4 is 11.8 Å². The molecule has 0 aromatic heterocycles. The third-order valence-electron chi connectivity index (χ3n) is 5.61. The van der Waals surface area contributed by atoms with Crippen LogP contribution in [0, 0.1) is 6.92 Å². The second-order valence-electron chi connectivity index (χ2n) is 8.35. The number of likely N-dealkylation sites (tertiary alicyclic amines) is 1. The van der Waals surface area contributed by atoms with Gasteiger partial charge in [0.25, 0.3) is 11.8 Å². The summed E-state index contributed by atoms with van der Waals surface area (Å²) in [4.78, 5) is 26.8. The molecule has 1 atom stereocenters. The smallest absolute Gasteiger partial charge is 0.261 e. The van der Waals surface area contributed by atoms with Crippen molar-refractivity contribution in [3.8, 4) is 5.75 Å². The standard InChI is InChI=1S/C25H32N2O3/c1-17(2)22-10-7-18(3)23(15-22)30-19(4)24(28)26-16-20-8-11-21(12-9-20)25(29)27-13-5-6-14-27/h7-12,15,17,19H,5-6,13-14,16H2,1-4H3,(H,26,28)/t19-/m1/s1. The number of amides is 2. The Morgan fingerprint density at radius 3 is 2.33 bits per heavy atom. The summed E-state index contributed by atoms with van der Waals surface area (Å²) < 4.78 is 5.93. The number of hydrogen-bond acceptors (Lipinski definition) is 3. The predicted molar refractivity (Wildman–Crippen MR) is 119 cm³/mol. The monoisotopic (exact) mass is 408 g/mol. The van der Waals surface area contributed by atoms with E-state index in [-0.39, 0.29) is 11.8 Å². The second kappa shape index (κ2) is 9.79. The highest BCUT2D eigenvalue weighted by Gasteiger charge is 2.19. The zero-order chi connectivity index (χ0) is 21.7. The molecular formula is C25H32N2O3. The van der Waals surface area contributed by atoms with Crippen LogP contribution in [0.5, 0.6) is 5.75 Å². The van der Waals surface area contributed by atoms with E-state index in [0.29, 0.717) is 18.0 Å². The molecule has 0 saturated carbocycles. The van der Waals surface area contributed by atoms with Crippen LogP contribution in [0.25, 0.3) is 0 Å². The summed E-state index contributed by atoms with van der Waals surface area (Å²) in [5.41, 5.74) is 3.85. The first-order valence-electron chi connectivity index (χ1n) is 10.8. The summed E-state index contributed by atoms with van der Waals surface area (Å²) >= 11 is 0. The van der Waals surface area contributed by atoms with Crippen LogP contribution in [0.15, 0.2) is 42.5 Å². The molecule has 2 amide bonds. The van der Waals surface area contributed by atoms with Crippen molar-refractivity contribution in [2.75, 3.05) is 13.1 Å². The first-order chi connectivity index (χ1) is 14.3.